The second kappa shape index (κ2) is 7.45. The molecule has 0 aromatic heterocycles. The molecule has 0 fully saturated rings. The van der Waals surface area contributed by atoms with Crippen molar-refractivity contribution >= 4 is 11.6 Å². The van der Waals surface area contributed by atoms with E-state index in [4.69, 9.17) is 10.5 Å². The number of hydrogen-bond acceptors (Lipinski definition) is 3. The lowest BCUT2D eigenvalue weighted by atomic mass is 10.1. The molecule has 1 atom stereocenters. The molecule has 1 amide bonds. The van der Waals surface area contributed by atoms with Gasteiger partial charge >= 0.3 is 0 Å². The summed E-state index contributed by atoms with van der Waals surface area (Å²) in [6.07, 6.45) is 0.940. The maximum Gasteiger partial charge on any atom is 0.245 e. The van der Waals surface area contributed by atoms with Crippen molar-refractivity contribution in [3.05, 3.63) is 60.2 Å². The summed E-state index contributed by atoms with van der Waals surface area (Å²) in [7, 11) is 0. The normalized spacial score (nSPS) is 11.7. The van der Waals surface area contributed by atoms with Crippen LogP contribution in [0.4, 0.5) is 5.69 Å². The largest absolute Gasteiger partial charge is 0.494 e. The number of carbonyl (C=O) groups is 1. The lowest BCUT2D eigenvalue weighted by Crippen LogP contribution is -2.27. The highest BCUT2D eigenvalue weighted by atomic mass is 16.5. The number of carbonyl (C=O) groups excluding carboxylic acids is 1. The number of nitrogens with two attached hydrogens (primary N) is 1. The Morgan fingerprint density at radius 1 is 1.19 bits per heavy atom. The third-order valence-corrected chi connectivity index (χ3v) is 3.02. The van der Waals surface area contributed by atoms with Crippen molar-refractivity contribution in [1.82, 2.24) is 0 Å². The van der Waals surface area contributed by atoms with Gasteiger partial charge in [0.2, 0.25) is 5.91 Å². The van der Waals surface area contributed by atoms with Crippen LogP contribution >= 0.6 is 0 Å². The summed E-state index contributed by atoms with van der Waals surface area (Å²) in [6.45, 7) is 2.70. The Balaban J connectivity index is 2.02. The van der Waals surface area contributed by atoms with Crippen molar-refractivity contribution in [2.75, 3.05) is 11.9 Å². The van der Waals surface area contributed by atoms with E-state index in [2.05, 4.69) is 5.32 Å². The van der Waals surface area contributed by atoms with E-state index < -0.39 is 6.04 Å². The summed E-state index contributed by atoms with van der Waals surface area (Å²) in [5.41, 5.74) is 7.43. The molecule has 2 aromatic carbocycles. The fourth-order valence-electron chi connectivity index (χ4n) is 1.92. The van der Waals surface area contributed by atoms with Gasteiger partial charge in [0.25, 0.3) is 0 Å². The van der Waals surface area contributed by atoms with Crippen LogP contribution in [0.5, 0.6) is 5.75 Å². The highest BCUT2D eigenvalue weighted by Crippen LogP contribution is 2.19. The molecule has 0 radical (unpaired) electrons. The van der Waals surface area contributed by atoms with Gasteiger partial charge in [-0.25, -0.2) is 0 Å². The van der Waals surface area contributed by atoms with Crippen molar-refractivity contribution in [3.8, 4) is 5.75 Å². The molecule has 0 aliphatic heterocycles. The Labute approximate surface area is 124 Å². The van der Waals surface area contributed by atoms with Crippen LogP contribution in [-0.2, 0) is 4.79 Å². The Bertz CT molecular complexity index is 584. The van der Waals surface area contributed by atoms with E-state index in [-0.39, 0.29) is 5.91 Å². The molecule has 0 spiro atoms. The van der Waals surface area contributed by atoms with Crippen LogP contribution in [0, 0.1) is 0 Å². The van der Waals surface area contributed by atoms with Crippen molar-refractivity contribution in [1.29, 1.82) is 0 Å². The van der Waals surface area contributed by atoms with Gasteiger partial charge < -0.3 is 15.8 Å². The molecule has 21 heavy (non-hydrogen) atoms. The molecular formula is C17H20N2O2. The first-order valence-corrected chi connectivity index (χ1v) is 7.05. The van der Waals surface area contributed by atoms with E-state index in [1.54, 1.807) is 6.07 Å². The summed E-state index contributed by atoms with van der Waals surface area (Å²) in [4.78, 5) is 12.2. The molecular weight excluding hydrogens is 264 g/mol. The van der Waals surface area contributed by atoms with Crippen LogP contribution in [0.1, 0.15) is 24.9 Å². The fourth-order valence-corrected chi connectivity index (χ4v) is 1.92. The number of rotatable bonds is 6. The molecule has 0 saturated heterocycles. The van der Waals surface area contributed by atoms with E-state index in [0.717, 1.165) is 17.7 Å². The van der Waals surface area contributed by atoms with Crippen molar-refractivity contribution in [3.63, 3.8) is 0 Å². The number of anilines is 1. The van der Waals surface area contributed by atoms with Gasteiger partial charge in [-0.05, 0) is 24.1 Å². The average Bonchev–Trinajstić information content (AvgIpc) is 2.53. The fraction of sp³-hybridized carbons (Fsp3) is 0.235. The second-order valence-corrected chi connectivity index (χ2v) is 4.75. The summed E-state index contributed by atoms with van der Waals surface area (Å²) in [5, 5.41) is 2.81. The third kappa shape index (κ3) is 4.33. The van der Waals surface area contributed by atoms with Gasteiger partial charge in [0.1, 0.15) is 11.8 Å². The lowest BCUT2D eigenvalue weighted by Gasteiger charge is -2.13. The van der Waals surface area contributed by atoms with E-state index in [1.165, 1.54) is 0 Å². The van der Waals surface area contributed by atoms with Gasteiger partial charge in [0, 0.05) is 11.8 Å². The van der Waals surface area contributed by atoms with Gasteiger partial charge in [-0.3, -0.25) is 4.79 Å². The topological polar surface area (TPSA) is 64.3 Å². The summed E-state index contributed by atoms with van der Waals surface area (Å²) >= 11 is 0. The minimum atomic E-state index is -0.689. The number of benzene rings is 2. The minimum absolute atomic E-state index is 0.242. The molecule has 1 unspecified atom stereocenters. The van der Waals surface area contributed by atoms with Crippen LogP contribution in [0.2, 0.25) is 0 Å². The highest BCUT2D eigenvalue weighted by Gasteiger charge is 2.15. The van der Waals surface area contributed by atoms with Gasteiger partial charge in [-0.1, -0.05) is 43.3 Å². The summed E-state index contributed by atoms with van der Waals surface area (Å²) in [6, 6.07) is 15.9. The van der Waals surface area contributed by atoms with Crippen LogP contribution in [0.25, 0.3) is 0 Å². The first-order chi connectivity index (χ1) is 10.2. The number of nitrogens with one attached hydrogen (secondary N) is 1. The maximum atomic E-state index is 12.2. The van der Waals surface area contributed by atoms with Gasteiger partial charge in [0.05, 0.1) is 6.61 Å². The van der Waals surface area contributed by atoms with Crippen LogP contribution in [0.3, 0.4) is 0 Å². The quantitative estimate of drug-likeness (QED) is 0.856. The number of hydrogen-bond donors (Lipinski definition) is 2. The van der Waals surface area contributed by atoms with E-state index in [0.29, 0.717) is 12.3 Å². The van der Waals surface area contributed by atoms with Crippen molar-refractivity contribution < 1.29 is 9.53 Å². The van der Waals surface area contributed by atoms with Crippen LogP contribution < -0.4 is 15.8 Å². The number of amides is 1. The van der Waals surface area contributed by atoms with Crippen LogP contribution in [0.15, 0.2) is 54.6 Å². The van der Waals surface area contributed by atoms with Crippen molar-refractivity contribution in [2.45, 2.75) is 19.4 Å². The Hall–Kier alpha value is -2.33. The molecule has 2 rings (SSSR count). The SMILES string of the molecule is CCCOc1cccc(NC(=O)C(N)c2ccccc2)c1. The Morgan fingerprint density at radius 3 is 2.67 bits per heavy atom. The highest BCUT2D eigenvalue weighted by molar-refractivity contribution is 5.95. The predicted octanol–water partition coefficient (Wildman–Crippen LogP) is 3.11. The van der Waals surface area contributed by atoms with Crippen LogP contribution in [-0.4, -0.2) is 12.5 Å². The molecule has 0 aliphatic carbocycles. The van der Waals surface area contributed by atoms with E-state index in [9.17, 15) is 4.79 Å². The number of ether oxygens (including phenoxy) is 1. The van der Waals surface area contributed by atoms with E-state index >= 15 is 0 Å². The average molecular weight is 284 g/mol. The third-order valence-electron chi connectivity index (χ3n) is 3.02. The first kappa shape index (κ1) is 15.1. The van der Waals surface area contributed by atoms with Crippen molar-refractivity contribution in [2.24, 2.45) is 5.73 Å². The zero-order valence-corrected chi connectivity index (χ0v) is 12.1. The lowest BCUT2D eigenvalue weighted by molar-refractivity contribution is -0.117. The first-order valence-electron chi connectivity index (χ1n) is 7.05. The Morgan fingerprint density at radius 2 is 1.95 bits per heavy atom. The molecule has 0 saturated carbocycles. The summed E-state index contributed by atoms with van der Waals surface area (Å²) < 4.78 is 5.54. The van der Waals surface area contributed by atoms with Gasteiger partial charge in [0.15, 0.2) is 0 Å². The zero-order valence-electron chi connectivity index (χ0n) is 12.1. The predicted molar refractivity (Wildman–Crippen MR) is 84.2 cm³/mol. The minimum Gasteiger partial charge on any atom is -0.494 e. The standard InChI is InChI=1S/C17H20N2O2/c1-2-11-21-15-10-6-9-14(12-15)19-17(20)16(18)13-7-4-3-5-8-13/h3-10,12,16H,2,11,18H2,1H3,(H,19,20). The second-order valence-electron chi connectivity index (χ2n) is 4.75. The zero-order chi connectivity index (χ0) is 15.1. The maximum absolute atomic E-state index is 12.2. The molecule has 110 valence electrons. The Kier molecular flexibility index (Phi) is 5.35. The molecule has 4 nitrogen and oxygen atoms in total. The van der Waals surface area contributed by atoms with Gasteiger partial charge in [-0.15, -0.1) is 0 Å². The molecule has 0 aliphatic rings. The molecule has 0 bridgehead atoms. The molecule has 0 heterocycles. The molecule has 4 heteroatoms. The molecule has 2 aromatic rings. The van der Waals surface area contributed by atoms with E-state index in [1.807, 2.05) is 55.5 Å². The smallest absolute Gasteiger partial charge is 0.245 e. The van der Waals surface area contributed by atoms with Gasteiger partial charge in [-0.2, -0.15) is 0 Å². The monoisotopic (exact) mass is 284 g/mol. The summed E-state index contributed by atoms with van der Waals surface area (Å²) in [5.74, 6) is 0.497. The molecule has 3 N–H and O–H groups in total.